The minimum atomic E-state index is -0.158. The van der Waals surface area contributed by atoms with Crippen molar-refractivity contribution in [1.29, 1.82) is 0 Å². The third kappa shape index (κ3) is 2.90. The summed E-state index contributed by atoms with van der Waals surface area (Å²) in [6, 6.07) is 2.25. The van der Waals surface area contributed by atoms with Gasteiger partial charge in [-0.2, -0.15) is 0 Å². The first-order chi connectivity index (χ1) is 12.4. The fourth-order valence-corrected chi connectivity index (χ4v) is 5.02. The normalized spacial score (nSPS) is 15.2. The van der Waals surface area contributed by atoms with E-state index in [1.54, 1.807) is 6.92 Å². The third-order valence-corrected chi connectivity index (χ3v) is 6.15. The standard InChI is InChI=1S/C19H22N4O2S/c1-10-8-11(2)20-18-15(10)16-17(26-18)19(25)23(12(3)21-16)9-14(24)22-13-6-4-5-7-13/h8,13H,4-7,9H2,1-3H3,(H,22,24). The van der Waals surface area contributed by atoms with Crippen molar-refractivity contribution >= 4 is 37.7 Å². The van der Waals surface area contributed by atoms with Crippen LogP contribution in [0.2, 0.25) is 0 Å². The van der Waals surface area contributed by atoms with Crippen LogP contribution in [-0.4, -0.2) is 26.5 Å². The van der Waals surface area contributed by atoms with Crippen molar-refractivity contribution in [1.82, 2.24) is 19.9 Å². The van der Waals surface area contributed by atoms with Gasteiger partial charge in [-0.15, -0.1) is 11.3 Å². The average molecular weight is 370 g/mol. The molecule has 4 rings (SSSR count). The molecule has 136 valence electrons. The van der Waals surface area contributed by atoms with Gasteiger partial charge in [-0.3, -0.25) is 14.2 Å². The lowest BCUT2D eigenvalue weighted by molar-refractivity contribution is -0.122. The summed E-state index contributed by atoms with van der Waals surface area (Å²) in [5.41, 5.74) is 2.54. The maximum Gasteiger partial charge on any atom is 0.272 e. The van der Waals surface area contributed by atoms with Gasteiger partial charge < -0.3 is 5.32 Å². The van der Waals surface area contributed by atoms with Gasteiger partial charge in [0.05, 0.1) is 5.52 Å². The van der Waals surface area contributed by atoms with Crippen LogP contribution in [-0.2, 0) is 11.3 Å². The molecule has 0 saturated heterocycles. The van der Waals surface area contributed by atoms with Crippen molar-refractivity contribution in [2.45, 2.75) is 59.0 Å². The number of fused-ring (bicyclic) bond motifs is 3. The van der Waals surface area contributed by atoms with Crippen molar-refractivity contribution in [3.05, 3.63) is 33.5 Å². The predicted molar refractivity (Wildman–Crippen MR) is 104 cm³/mol. The van der Waals surface area contributed by atoms with Gasteiger partial charge in [-0.1, -0.05) is 12.8 Å². The molecule has 1 aliphatic rings. The molecule has 0 aromatic carbocycles. The summed E-state index contributed by atoms with van der Waals surface area (Å²) >= 11 is 1.36. The summed E-state index contributed by atoms with van der Waals surface area (Å²) in [7, 11) is 0. The second kappa shape index (κ2) is 6.46. The Balaban J connectivity index is 1.76. The number of thiophene rings is 1. The predicted octanol–water partition coefficient (Wildman–Crippen LogP) is 2.99. The highest BCUT2D eigenvalue weighted by Crippen LogP contribution is 2.32. The molecule has 26 heavy (non-hydrogen) atoms. The van der Waals surface area contributed by atoms with Gasteiger partial charge >= 0.3 is 0 Å². The van der Waals surface area contributed by atoms with Crippen molar-refractivity contribution < 1.29 is 4.79 Å². The quantitative estimate of drug-likeness (QED) is 0.769. The summed E-state index contributed by atoms with van der Waals surface area (Å²) in [5, 5.41) is 3.98. The van der Waals surface area contributed by atoms with E-state index in [9.17, 15) is 9.59 Å². The number of aromatic nitrogens is 3. The van der Waals surface area contributed by atoms with Crippen LogP contribution in [0, 0.1) is 20.8 Å². The molecule has 1 amide bonds. The highest BCUT2D eigenvalue weighted by Gasteiger charge is 2.20. The highest BCUT2D eigenvalue weighted by atomic mass is 32.1. The van der Waals surface area contributed by atoms with Crippen LogP contribution in [0.15, 0.2) is 10.9 Å². The molecule has 0 aliphatic heterocycles. The molecule has 0 unspecified atom stereocenters. The molecule has 0 bridgehead atoms. The van der Waals surface area contributed by atoms with E-state index in [0.717, 1.165) is 47.2 Å². The first kappa shape index (κ1) is 17.1. The summed E-state index contributed by atoms with van der Waals surface area (Å²) < 4.78 is 2.05. The van der Waals surface area contributed by atoms with Crippen LogP contribution in [0.25, 0.3) is 20.4 Å². The number of nitrogens with one attached hydrogen (secondary N) is 1. The Morgan fingerprint density at radius 3 is 2.73 bits per heavy atom. The highest BCUT2D eigenvalue weighted by molar-refractivity contribution is 7.25. The van der Waals surface area contributed by atoms with E-state index >= 15 is 0 Å². The third-order valence-electron chi connectivity index (χ3n) is 5.09. The van der Waals surface area contributed by atoms with Crippen molar-refractivity contribution in [2.24, 2.45) is 0 Å². The second-order valence-electron chi connectivity index (χ2n) is 7.14. The number of pyridine rings is 1. The van der Waals surface area contributed by atoms with E-state index in [-0.39, 0.29) is 24.1 Å². The molecule has 3 aromatic rings. The summed E-state index contributed by atoms with van der Waals surface area (Å²) in [6.45, 7) is 5.76. The molecule has 7 heteroatoms. The van der Waals surface area contributed by atoms with E-state index in [1.807, 2.05) is 19.9 Å². The van der Waals surface area contributed by atoms with Crippen LogP contribution in [0.5, 0.6) is 0 Å². The minimum absolute atomic E-state index is 0.0176. The van der Waals surface area contributed by atoms with E-state index in [0.29, 0.717) is 16.0 Å². The summed E-state index contributed by atoms with van der Waals surface area (Å²) in [4.78, 5) is 35.4. The van der Waals surface area contributed by atoms with Crippen LogP contribution in [0.3, 0.4) is 0 Å². The molecular weight excluding hydrogens is 348 g/mol. The van der Waals surface area contributed by atoms with E-state index in [2.05, 4.69) is 15.3 Å². The number of amides is 1. The minimum Gasteiger partial charge on any atom is -0.352 e. The first-order valence-electron chi connectivity index (χ1n) is 9.01. The Labute approximate surface area is 155 Å². The first-order valence-corrected chi connectivity index (χ1v) is 9.83. The molecule has 1 fully saturated rings. The van der Waals surface area contributed by atoms with Gasteiger partial charge in [-0.25, -0.2) is 9.97 Å². The van der Waals surface area contributed by atoms with Crippen molar-refractivity contribution in [2.75, 3.05) is 0 Å². The van der Waals surface area contributed by atoms with E-state index in [1.165, 1.54) is 15.9 Å². The van der Waals surface area contributed by atoms with Crippen molar-refractivity contribution in [3.63, 3.8) is 0 Å². The number of rotatable bonds is 3. The number of carbonyl (C=O) groups excluding carboxylic acids is 1. The van der Waals surface area contributed by atoms with Crippen molar-refractivity contribution in [3.8, 4) is 0 Å². The molecule has 1 N–H and O–H groups in total. The molecule has 0 radical (unpaired) electrons. The lowest BCUT2D eigenvalue weighted by Crippen LogP contribution is -2.38. The zero-order chi connectivity index (χ0) is 18.4. The lowest BCUT2D eigenvalue weighted by atomic mass is 10.1. The summed E-state index contributed by atoms with van der Waals surface area (Å²) in [6.07, 6.45) is 4.37. The fourth-order valence-electron chi connectivity index (χ4n) is 3.84. The van der Waals surface area contributed by atoms with Crippen LogP contribution in [0.1, 0.15) is 42.8 Å². The van der Waals surface area contributed by atoms with Crippen LogP contribution < -0.4 is 10.9 Å². The van der Waals surface area contributed by atoms with E-state index < -0.39 is 0 Å². The maximum absolute atomic E-state index is 13.0. The zero-order valence-electron chi connectivity index (χ0n) is 15.3. The van der Waals surface area contributed by atoms with Gasteiger partial charge in [0.1, 0.15) is 21.9 Å². The molecule has 1 aliphatic carbocycles. The van der Waals surface area contributed by atoms with Crippen LogP contribution >= 0.6 is 11.3 Å². The van der Waals surface area contributed by atoms with Gasteiger partial charge in [-0.05, 0) is 45.2 Å². The number of hydrogen-bond donors (Lipinski definition) is 1. The maximum atomic E-state index is 13.0. The SMILES string of the molecule is Cc1cc(C)c2c(n1)sc1c(=O)n(CC(=O)NC3CCCC3)c(C)nc12. The van der Waals surface area contributed by atoms with Gasteiger partial charge in [0.25, 0.3) is 5.56 Å². The molecule has 0 spiro atoms. The van der Waals surface area contributed by atoms with Gasteiger partial charge in [0.2, 0.25) is 5.91 Å². The largest absolute Gasteiger partial charge is 0.352 e. The Bertz CT molecular complexity index is 1080. The molecular formula is C19H22N4O2S. The number of carbonyl (C=O) groups is 1. The zero-order valence-corrected chi connectivity index (χ0v) is 16.1. The Hall–Kier alpha value is -2.28. The number of hydrogen-bond acceptors (Lipinski definition) is 5. The monoisotopic (exact) mass is 370 g/mol. The fraction of sp³-hybridized carbons (Fsp3) is 0.474. The molecule has 3 heterocycles. The summed E-state index contributed by atoms with van der Waals surface area (Å²) in [5.74, 6) is 0.443. The molecule has 1 saturated carbocycles. The Morgan fingerprint density at radius 1 is 1.27 bits per heavy atom. The number of nitrogens with zero attached hydrogens (tertiary/aromatic N) is 3. The molecule has 0 atom stereocenters. The Morgan fingerprint density at radius 2 is 2.00 bits per heavy atom. The second-order valence-corrected chi connectivity index (χ2v) is 8.14. The molecule has 6 nitrogen and oxygen atoms in total. The van der Waals surface area contributed by atoms with Gasteiger partial charge in [0.15, 0.2) is 0 Å². The van der Waals surface area contributed by atoms with Crippen LogP contribution in [0.4, 0.5) is 0 Å². The molecule has 3 aromatic heterocycles. The lowest BCUT2D eigenvalue weighted by Gasteiger charge is -2.14. The number of aryl methyl sites for hydroxylation is 3. The topological polar surface area (TPSA) is 76.9 Å². The smallest absolute Gasteiger partial charge is 0.272 e. The average Bonchev–Trinajstić information content (AvgIpc) is 3.19. The van der Waals surface area contributed by atoms with E-state index in [4.69, 9.17) is 0 Å². The Kier molecular flexibility index (Phi) is 4.26. The van der Waals surface area contributed by atoms with Gasteiger partial charge in [0, 0.05) is 17.1 Å².